The van der Waals surface area contributed by atoms with E-state index >= 15 is 0 Å². The number of ether oxygens (including phenoxy) is 3. The molecule has 0 amide bonds. The van der Waals surface area contributed by atoms with E-state index in [1.54, 1.807) is 0 Å². The Morgan fingerprint density at radius 1 is 1.17 bits per heavy atom. The molecular formula is C21H30O8. The summed E-state index contributed by atoms with van der Waals surface area (Å²) in [5.41, 5.74) is 1.89. The molecule has 2 saturated carbocycles. The van der Waals surface area contributed by atoms with E-state index in [0.29, 0.717) is 6.42 Å². The van der Waals surface area contributed by atoms with Crippen LogP contribution in [0.5, 0.6) is 0 Å². The van der Waals surface area contributed by atoms with Crippen molar-refractivity contribution in [3.63, 3.8) is 0 Å². The number of aliphatic hydroxyl groups is 4. The van der Waals surface area contributed by atoms with Crippen LogP contribution >= 0.6 is 0 Å². The summed E-state index contributed by atoms with van der Waals surface area (Å²) in [6.45, 7) is 9.78. The van der Waals surface area contributed by atoms with Crippen LogP contribution in [0.15, 0.2) is 24.3 Å². The fourth-order valence-electron chi connectivity index (χ4n) is 5.44. The number of aliphatic hydroxyl groups excluding tert-OH is 4. The Morgan fingerprint density at radius 2 is 1.90 bits per heavy atom. The van der Waals surface area contributed by atoms with E-state index < -0.39 is 43.4 Å². The van der Waals surface area contributed by atoms with Crippen molar-refractivity contribution in [2.75, 3.05) is 6.61 Å². The van der Waals surface area contributed by atoms with Crippen molar-refractivity contribution in [3.8, 4) is 0 Å². The summed E-state index contributed by atoms with van der Waals surface area (Å²) >= 11 is 0. The monoisotopic (exact) mass is 410 g/mol. The molecule has 0 radical (unpaired) electrons. The van der Waals surface area contributed by atoms with Crippen molar-refractivity contribution in [2.24, 2.45) is 23.7 Å². The smallest absolute Gasteiger partial charge is 0.309 e. The summed E-state index contributed by atoms with van der Waals surface area (Å²) < 4.78 is 17.3. The molecule has 8 heteroatoms. The SMILES string of the molecule is C=C1CC[C@H]2C(=C)[C@H](O[C@H]3O[C@@H](CO)[C@@H](O)[C@H](O)[C@H]3O)C[C@@H]3[C@H](OC(=O)[C@H]3C)[C@@H]12. The largest absolute Gasteiger partial charge is 0.461 e. The van der Waals surface area contributed by atoms with E-state index in [0.717, 1.165) is 24.0 Å². The summed E-state index contributed by atoms with van der Waals surface area (Å²) in [6.07, 6.45) is -5.37. The average Bonchev–Trinajstić information content (AvgIpc) is 3.17. The van der Waals surface area contributed by atoms with Gasteiger partial charge in [0.25, 0.3) is 0 Å². The molecule has 2 saturated heterocycles. The summed E-state index contributed by atoms with van der Waals surface area (Å²) in [6, 6.07) is 0. The Bertz CT molecular complexity index is 690. The molecule has 2 aliphatic carbocycles. The lowest BCUT2D eigenvalue weighted by Gasteiger charge is -2.41. The molecule has 0 aromatic heterocycles. The third kappa shape index (κ3) is 3.36. The average molecular weight is 410 g/mol. The number of carbonyl (C=O) groups is 1. The number of fused-ring (bicyclic) bond motifs is 3. The molecule has 2 heterocycles. The molecular weight excluding hydrogens is 380 g/mol. The second-order valence-corrected chi connectivity index (χ2v) is 8.82. The maximum Gasteiger partial charge on any atom is 0.309 e. The van der Waals surface area contributed by atoms with Crippen LogP contribution in [-0.4, -0.2) is 75.9 Å². The van der Waals surface area contributed by atoms with E-state index in [2.05, 4.69) is 13.2 Å². The van der Waals surface area contributed by atoms with Gasteiger partial charge in [0, 0.05) is 11.8 Å². The van der Waals surface area contributed by atoms with Gasteiger partial charge in [-0.1, -0.05) is 25.7 Å². The molecule has 0 aromatic carbocycles. The van der Waals surface area contributed by atoms with E-state index in [-0.39, 0.29) is 35.7 Å². The fourth-order valence-corrected chi connectivity index (χ4v) is 5.44. The number of rotatable bonds is 3. The predicted molar refractivity (Wildman–Crippen MR) is 100 cm³/mol. The van der Waals surface area contributed by atoms with Gasteiger partial charge in [0.2, 0.25) is 0 Å². The third-order valence-corrected chi connectivity index (χ3v) is 7.25. The van der Waals surface area contributed by atoms with Gasteiger partial charge in [0.15, 0.2) is 6.29 Å². The number of hydrogen-bond donors (Lipinski definition) is 4. The van der Waals surface area contributed by atoms with Gasteiger partial charge in [0.1, 0.15) is 30.5 Å². The molecule has 4 rings (SSSR count). The molecule has 4 fully saturated rings. The zero-order chi connectivity index (χ0) is 21.0. The van der Waals surface area contributed by atoms with Crippen LogP contribution in [0.2, 0.25) is 0 Å². The van der Waals surface area contributed by atoms with Crippen molar-refractivity contribution < 1.29 is 39.4 Å². The van der Waals surface area contributed by atoms with Crippen LogP contribution in [0.1, 0.15) is 26.2 Å². The fraction of sp³-hybridized carbons (Fsp3) is 0.762. The lowest BCUT2D eigenvalue weighted by molar-refractivity contribution is -0.309. The number of esters is 1. The van der Waals surface area contributed by atoms with Crippen LogP contribution in [0.3, 0.4) is 0 Å². The summed E-state index contributed by atoms with van der Waals surface area (Å²) in [4.78, 5) is 12.3. The van der Waals surface area contributed by atoms with E-state index in [1.165, 1.54) is 0 Å². The van der Waals surface area contributed by atoms with Crippen LogP contribution in [0, 0.1) is 23.7 Å². The standard InChI is InChI=1S/C21H30O8/c1-8-4-5-11-9(2)13(6-12-10(3)20(26)29-19(12)15(8)11)27-21-18(25)17(24)16(23)14(7-22)28-21/h10-19,21-25H,1-2,4-7H2,3H3/t10-,11-,12-,13+,14-,15-,16+,17-,18+,19-,21-/m0/s1. The Hall–Kier alpha value is -1.29. The highest BCUT2D eigenvalue weighted by Crippen LogP contribution is 2.53. The van der Waals surface area contributed by atoms with Crippen molar-refractivity contribution in [2.45, 2.75) is 69.1 Å². The van der Waals surface area contributed by atoms with Gasteiger partial charge in [0.05, 0.1) is 18.6 Å². The quantitative estimate of drug-likeness (QED) is 0.375. The summed E-state index contributed by atoms with van der Waals surface area (Å²) in [5.74, 6) is -0.548. The minimum Gasteiger partial charge on any atom is -0.461 e. The Labute approximate surface area is 169 Å². The molecule has 4 aliphatic rings. The molecule has 0 unspecified atom stereocenters. The minimum atomic E-state index is -1.51. The summed E-state index contributed by atoms with van der Waals surface area (Å²) in [5, 5.41) is 39.8. The maximum absolute atomic E-state index is 12.3. The third-order valence-electron chi connectivity index (χ3n) is 7.25. The van der Waals surface area contributed by atoms with Gasteiger partial charge in [-0.2, -0.15) is 0 Å². The van der Waals surface area contributed by atoms with E-state index in [9.17, 15) is 25.2 Å². The molecule has 0 spiro atoms. The normalized spacial score (nSPS) is 50.1. The first-order chi connectivity index (χ1) is 13.7. The van der Waals surface area contributed by atoms with Crippen LogP contribution in [0.4, 0.5) is 0 Å². The molecule has 11 atom stereocenters. The van der Waals surface area contributed by atoms with Crippen molar-refractivity contribution in [3.05, 3.63) is 24.3 Å². The van der Waals surface area contributed by atoms with Gasteiger partial charge < -0.3 is 34.6 Å². The predicted octanol–water partition coefficient (Wildman–Crippen LogP) is -0.109. The zero-order valence-electron chi connectivity index (χ0n) is 16.5. The van der Waals surface area contributed by atoms with E-state index in [4.69, 9.17) is 14.2 Å². The molecule has 162 valence electrons. The Morgan fingerprint density at radius 3 is 2.59 bits per heavy atom. The first-order valence-electron chi connectivity index (χ1n) is 10.3. The molecule has 29 heavy (non-hydrogen) atoms. The Balaban J connectivity index is 1.59. The van der Waals surface area contributed by atoms with Crippen LogP contribution in [-0.2, 0) is 19.0 Å². The molecule has 0 bridgehead atoms. The lowest BCUT2D eigenvalue weighted by Crippen LogP contribution is -2.59. The topological polar surface area (TPSA) is 126 Å². The second kappa shape index (κ2) is 7.76. The van der Waals surface area contributed by atoms with Crippen molar-refractivity contribution in [1.82, 2.24) is 0 Å². The number of hydrogen-bond acceptors (Lipinski definition) is 8. The van der Waals surface area contributed by atoms with Crippen molar-refractivity contribution in [1.29, 1.82) is 0 Å². The van der Waals surface area contributed by atoms with Crippen molar-refractivity contribution >= 4 is 5.97 Å². The van der Waals surface area contributed by atoms with Gasteiger partial charge in [-0.25, -0.2) is 0 Å². The summed E-state index contributed by atoms with van der Waals surface area (Å²) in [7, 11) is 0. The first kappa shape index (κ1) is 21.0. The first-order valence-corrected chi connectivity index (χ1v) is 10.3. The molecule has 4 N–H and O–H groups in total. The van der Waals surface area contributed by atoms with Crippen LogP contribution < -0.4 is 0 Å². The van der Waals surface area contributed by atoms with Gasteiger partial charge in [-0.05, 0) is 30.8 Å². The maximum atomic E-state index is 12.3. The zero-order valence-corrected chi connectivity index (χ0v) is 16.5. The second-order valence-electron chi connectivity index (χ2n) is 8.82. The highest BCUT2D eigenvalue weighted by atomic mass is 16.7. The lowest BCUT2D eigenvalue weighted by atomic mass is 9.80. The van der Waals surface area contributed by atoms with Crippen LogP contribution in [0.25, 0.3) is 0 Å². The highest BCUT2D eigenvalue weighted by molar-refractivity contribution is 5.75. The minimum absolute atomic E-state index is 0.00444. The molecule has 0 aromatic rings. The molecule has 2 aliphatic heterocycles. The van der Waals surface area contributed by atoms with Gasteiger partial charge in [-0.15, -0.1) is 0 Å². The van der Waals surface area contributed by atoms with Gasteiger partial charge in [-0.3, -0.25) is 4.79 Å². The van der Waals surface area contributed by atoms with Gasteiger partial charge >= 0.3 is 5.97 Å². The molecule has 8 nitrogen and oxygen atoms in total. The Kier molecular flexibility index (Phi) is 5.61. The highest BCUT2D eigenvalue weighted by Gasteiger charge is 2.55. The number of carbonyl (C=O) groups excluding carboxylic acids is 1. The van der Waals surface area contributed by atoms with E-state index in [1.807, 2.05) is 6.92 Å².